The third kappa shape index (κ3) is 5.78. The van der Waals surface area contributed by atoms with Crippen LogP contribution in [0.5, 0.6) is 0 Å². The van der Waals surface area contributed by atoms with E-state index in [2.05, 4.69) is 0 Å². The van der Waals surface area contributed by atoms with E-state index in [0.29, 0.717) is 11.2 Å². The third-order valence-electron chi connectivity index (χ3n) is 6.69. The van der Waals surface area contributed by atoms with Crippen molar-refractivity contribution >= 4 is 57.0 Å². The molecule has 204 valence electrons. The molecule has 4 rings (SSSR count). The van der Waals surface area contributed by atoms with Gasteiger partial charge in [-0.25, -0.2) is 4.79 Å². The van der Waals surface area contributed by atoms with E-state index in [0.717, 1.165) is 15.9 Å². The van der Waals surface area contributed by atoms with Crippen molar-refractivity contribution in [2.75, 3.05) is 5.75 Å². The van der Waals surface area contributed by atoms with Crippen molar-refractivity contribution in [3.63, 3.8) is 0 Å². The van der Waals surface area contributed by atoms with Crippen LogP contribution in [0, 0.1) is 0 Å². The lowest BCUT2D eigenvalue weighted by Crippen LogP contribution is -2.67. The maximum absolute atomic E-state index is 14.5. The Kier molecular flexibility index (Phi) is 8.58. The number of esters is 1. The van der Waals surface area contributed by atoms with Gasteiger partial charge in [0.05, 0.1) is 12.0 Å². The van der Waals surface area contributed by atoms with Crippen molar-refractivity contribution in [3.05, 3.63) is 91.0 Å². The van der Waals surface area contributed by atoms with Gasteiger partial charge in [-0.05, 0) is 49.4 Å². The van der Waals surface area contributed by atoms with Crippen LogP contribution in [0.4, 0.5) is 0 Å². The van der Waals surface area contributed by atoms with Crippen LogP contribution < -0.4 is 15.9 Å². The monoisotopic (exact) mass is 561 g/mol. The summed E-state index contributed by atoms with van der Waals surface area (Å²) in [7, 11) is 0. The highest BCUT2D eigenvalue weighted by molar-refractivity contribution is 8.13. The highest BCUT2D eigenvalue weighted by Crippen LogP contribution is 2.51. The summed E-state index contributed by atoms with van der Waals surface area (Å²) in [6.07, 6.45) is 0.343. The van der Waals surface area contributed by atoms with Gasteiger partial charge >= 0.3 is 5.97 Å². The van der Waals surface area contributed by atoms with Gasteiger partial charge in [0.25, 0.3) is 0 Å². The molecule has 0 radical (unpaired) electrons. The Labute approximate surface area is 235 Å². The summed E-state index contributed by atoms with van der Waals surface area (Å²) in [4.78, 5) is 42.6. The lowest BCUT2D eigenvalue weighted by Gasteiger charge is -2.52. The number of β-lactam (4-membered cyclic amide) rings is 1. The minimum absolute atomic E-state index is 0.00380. The average molecular weight is 562 g/mol. The van der Waals surface area contributed by atoms with E-state index in [4.69, 9.17) is 4.74 Å². The lowest BCUT2D eigenvalue weighted by atomic mass is 9.83. The van der Waals surface area contributed by atoms with Gasteiger partial charge < -0.3 is 4.74 Å². The Hall–Kier alpha value is -3.08. The summed E-state index contributed by atoms with van der Waals surface area (Å²) in [5.74, 6) is -0.0670. The maximum Gasteiger partial charge on any atom is 0.356 e. The molecule has 5 nitrogen and oxygen atoms in total. The number of carbonyl (C=O) groups excluding carboxylic acids is 3. The van der Waals surface area contributed by atoms with E-state index in [1.807, 2.05) is 126 Å². The SMILES string of the molecule is CCSC(=O)CC1(C)CC(=O)N1C(C(=O)OC(C)(C)C)=P(c1ccccc1)(c1ccccc1)c1ccccc1. The largest absolute Gasteiger partial charge is 0.455 e. The van der Waals surface area contributed by atoms with Gasteiger partial charge in [0.1, 0.15) is 11.0 Å². The fourth-order valence-corrected chi connectivity index (χ4v) is 10.4. The number of carbonyl (C=O) groups is 3. The van der Waals surface area contributed by atoms with Gasteiger partial charge in [0, 0.05) is 13.3 Å². The molecule has 1 aliphatic rings. The molecule has 7 heteroatoms. The van der Waals surface area contributed by atoms with E-state index >= 15 is 0 Å². The summed E-state index contributed by atoms with van der Waals surface area (Å²) in [6, 6.07) is 29.7. The first-order valence-corrected chi connectivity index (χ1v) is 16.0. The molecule has 1 aliphatic heterocycles. The molecule has 1 amide bonds. The molecule has 3 aromatic carbocycles. The molecule has 0 N–H and O–H groups in total. The summed E-state index contributed by atoms with van der Waals surface area (Å²) >= 11 is 1.24. The number of ether oxygens (including phenoxy) is 1. The van der Waals surface area contributed by atoms with Crippen molar-refractivity contribution in [1.29, 1.82) is 0 Å². The van der Waals surface area contributed by atoms with Crippen molar-refractivity contribution in [3.8, 4) is 0 Å². The summed E-state index contributed by atoms with van der Waals surface area (Å²) < 4.78 is 6.09. The number of nitrogens with zero attached hydrogens (tertiary/aromatic N) is 1. The fourth-order valence-electron chi connectivity index (χ4n) is 5.20. The highest BCUT2D eigenvalue weighted by atomic mass is 32.2. The van der Waals surface area contributed by atoms with Gasteiger partial charge in [-0.3, -0.25) is 14.5 Å². The molecule has 0 aromatic heterocycles. The number of thioether (sulfide) groups is 1. The molecule has 1 saturated heterocycles. The minimum atomic E-state index is -2.97. The van der Waals surface area contributed by atoms with Crippen molar-refractivity contribution < 1.29 is 19.1 Å². The van der Waals surface area contributed by atoms with Crippen LogP contribution in [0.25, 0.3) is 0 Å². The third-order valence-corrected chi connectivity index (χ3v) is 11.7. The van der Waals surface area contributed by atoms with Gasteiger partial charge in [-0.15, -0.1) is 0 Å². The predicted octanol–water partition coefficient (Wildman–Crippen LogP) is 5.11. The maximum atomic E-state index is 14.5. The average Bonchev–Trinajstić information content (AvgIpc) is 2.89. The fraction of sp³-hybridized carbons (Fsp3) is 0.312. The lowest BCUT2D eigenvalue weighted by molar-refractivity contribution is -0.155. The molecule has 1 unspecified atom stereocenters. The van der Waals surface area contributed by atoms with Gasteiger partial charge in [-0.1, -0.05) is 110 Å². The van der Waals surface area contributed by atoms with E-state index in [1.165, 1.54) is 11.8 Å². The van der Waals surface area contributed by atoms with Crippen molar-refractivity contribution in [2.24, 2.45) is 0 Å². The van der Waals surface area contributed by atoms with E-state index in [-0.39, 0.29) is 23.9 Å². The second-order valence-corrected chi connectivity index (χ2v) is 15.5. The molecule has 1 heterocycles. The van der Waals surface area contributed by atoms with Gasteiger partial charge in [-0.2, -0.15) is 0 Å². The number of hydrogen-bond donors (Lipinski definition) is 0. The van der Waals surface area contributed by atoms with Crippen molar-refractivity contribution in [2.45, 2.75) is 58.6 Å². The first kappa shape index (κ1) is 28.9. The molecule has 0 bridgehead atoms. The summed E-state index contributed by atoms with van der Waals surface area (Å²) in [5.41, 5.74) is -1.32. The second kappa shape index (κ2) is 11.6. The Morgan fingerprint density at radius 1 is 0.872 bits per heavy atom. The topological polar surface area (TPSA) is 63.7 Å². The van der Waals surface area contributed by atoms with Crippen LogP contribution in [0.3, 0.4) is 0 Å². The Morgan fingerprint density at radius 3 is 1.67 bits per heavy atom. The number of benzene rings is 3. The molecule has 0 spiro atoms. The number of rotatable bonds is 8. The smallest absolute Gasteiger partial charge is 0.356 e. The quantitative estimate of drug-likeness (QED) is 0.217. The van der Waals surface area contributed by atoms with Crippen LogP contribution in [-0.4, -0.2) is 44.2 Å². The van der Waals surface area contributed by atoms with Crippen LogP contribution in [-0.2, 0) is 19.1 Å². The second-order valence-electron chi connectivity index (χ2n) is 10.9. The molecular formula is C32H36NO4PS. The first-order chi connectivity index (χ1) is 18.5. The summed E-state index contributed by atoms with van der Waals surface area (Å²) in [5, 5.41) is 2.79. The van der Waals surface area contributed by atoms with E-state index in [1.54, 1.807) is 4.90 Å². The van der Waals surface area contributed by atoms with E-state index in [9.17, 15) is 14.4 Å². The van der Waals surface area contributed by atoms with Crippen LogP contribution >= 0.6 is 18.6 Å². The Bertz CT molecular complexity index is 1300. The van der Waals surface area contributed by atoms with Gasteiger partial charge in [0.2, 0.25) is 5.91 Å². The molecule has 39 heavy (non-hydrogen) atoms. The van der Waals surface area contributed by atoms with Crippen LogP contribution in [0.15, 0.2) is 91.0 Å². The zero-order valence-corrected chi connectivity index (χ0v) is 24.9. The highest BCUT2D eigenvalue weighted by Gasteiger charge is 2.55. The zero-order chi connectivity index (χ0) is 28.3. The van der Waals surface area contributed by atoms with Crippen LogP contribution in [0.1, 0.15) is 47.5 Å². The molecular weight excluding hydrogens is 525 g/mol. The van der Waals surface area contributed by atoms with Gasteiger partial charge in [0.15, 0.2) is 5.12 Å². The molecule has 1 atom stereocenters. The number of likely N-dealkylation sites (tertiary alicyclic amines) is 1. The zero-order valence-electron chi connectivity index (χ0n) is 23.2. The predicted molar refractivity (Wildman–Crippen MR) is 164 cm³/mol. The number of amides is 1. The van der Waals surface area contributed by atoms with Crippen molar-refractivity contribution in [1.82, 2.24) is 4.90 Å². The summed E-state index contributed by atoms with van der Waals surface area (Å²) in [6.45, 7) is 6.35. The standard InChI is InChI=1S/C32H36NO4PS/c1-6-39-28(35)23-32(5)22-27(34)33(32)29(30(36)37-31(2,3)4)38(24-16-10-7-11-17-24,25-18-12-8-13-19-25)26-20-14-9-15-21-26/h7-21H,6,22-23H2,1-5H3. The molecule has 0 saturated carbocycles. The molecule has 3 aromatic rings. The van der Waals surface area contributed by atoms with E-state index < -0.39 is 24.0 Å². The normalized spacial score (nSPS) is 17.4. The molecule has 0 aliphatic carbocycles. The molecule has 1 fully saturated rings. The van der Waals surface area contributed by atoms with Crippen LogP contribution in [0.2, 0.25) is 0 Å². The Morgan fingerprint density at radius 2 is 1.31 bits per heavy atom. The first-order valence-electron chi connectivity index (χ1n) is 13.2. The number of hydrogen-bond acceptors (Lipinski definition) is 5. The minimum Gasteiger partial charge on any atom is -0.455 e. The Balaban J connectivity index is 2.19.